The van der Waals surface area contributed by atoms with Crippen molar-refractivity contribution in [1.29, 1.82) is 0 Å². The predicted octanol–water partition coefficient (Wildman–Crippen LogP) is 0.888. The average Bonchev–Trinajstić information content (AvgIpc) is 3.12. The van der Waals surface area contributed by atoms with Crippen LogP contribution in [0.2, 0.25) is 0 Å². The molecule has 0 radical (unpaired) electrons. The second-order valence-corrected chi connectivity index (χ2v) is 8.12. The fourth-order valence-corrected chi connectivity index (χ4v) is 4.48. The van der Waals surface area contributed by atoms with Gasteiger partial charge in [-0.25, -0.2) is 13.1 Å². The van der Waals surface area contributed by atoms with E-state index < -0.39 is 10.0 Å². The zero-order valence-corrected chi connectivity index (χ0v) is 13.0. The molecule has 0 bridgehead atoms. The van der Waals surface area contributed by atoms with Crippen LogP contribution in [0.4, 0.5) is 0 Å². The Balaban J connectivity index is 1.93. The summed E-state index contributed by atoms with van der Waals surface area (Å²) in [6, 6.07) is 2.34. The highest BCUT2D eigenvalue weighted by molar-refractivity contribution is 7.91. The maximum atomic E-state index is 12.1. The van der Waals surface area contributed by atoms with Crippen molar-refractivity contribution in [3.8, 4) is 0 Å². The molecule has 2 rings (SSSR count). The van der Waals surface area contributed by atoms with Gasteiger partial charge in [0.05, 0.1) is 0 Å². The lowest BCUT2D eigenvalue weighted by Gasteiger charge is -2.15. The van der Waals surface area contributed by atoms with Crippen LogP contribution in [-0.2, 0) is 16.6 Å². The van der Waals surface area contributed by atoms with E-state index >= 15 is 0 Å². The molecule has 0 spiro atoms. The largest absolute Gasteiger partial charge is 0.326 e. The summed E-state index contributed by atoms with van der Waals surface area (Å²) in [5, 5.41) is 0. The van der Waals surface area contributed by atoms with Gasteiger partial charge in [-0.05, 0) is 38.4 Å². The van der Waals surface area contributed by atoms with E-state index in [0.717, 1.165) is 17.0 Å². The van der Waals surface area contributed by atoms with Gasteiger partial charge in [-0.15, -0.1) is 11.3 Å². The number of hydrogen-bond donors (Lipinski definition) is 2. The molecular formula is C12H21N3O2S2. The van der Waals surface area contributed by atoms with Crippen molar-refractivity contribution >= 4 is 21.4 Å². The van der Waals surface area contributed by atoms with Gasteiger partial charge in [-0.1, -0.05) is 0 Å². The Morgan fingerprint density at radius 1 is 1.53 bits per heavy atom. The second-order valence-electron chi connectivity index (χ2n) is 4.99. The first kappa shape index (κ1) is 14.9. The van der Waals surface area contributed by atoms with Crippen LogP contribution in [0, 0.1) is 6.92 Å². The Hall–Kier alpha value is -0.470. The van der Waals surface area contributed by atoms with Gasteiger partial charge in [0.15, 0.2) is 0 Å². The third-order valence-corrected chi connectivity index (χ3v) is 6.57. The molecule has 5 nitrogen and oxygen atoms in total. The van der Waals surface area contributed by atoms with Crippen molar-refractivity contribution in [2.45, 2.75) is 36.6 Å². The van der Waals surface area contributed by atoms with Crippen molar-refractivity contribution in [2.24, 2.45) is 5.73 Å². The van der Waals surface area contributed by atoms with Crippen LogP contribution in [0.25, 0.3) is 0 Å². The highest BCUT2D eigenvalue weighted by atomic mass is 32.2. The van der Waals surface area contributed by atoms with Crippen molar-refractivity contribution in [1.82, 2.24) is 9.62 Å². The number of nitrogens with zero attached hydrogens (tertiary/aromatic N) is 1. The Labute approximate surface area is 118 Å². The normalized spacial score (nSPS) is 16.2. The van der Waals surface area contributed by atoms with Crippen molar-refractivity contribution < 1.29 is 8.42 Å². The quantitative estimate of drug-likeness (QED) is 0.784. The van der Waals surface area contributed by atoms with E-state index in [-0.39, 0.29) is 0 Å². The van der Waals surface area contributed by atoms with E-state index in [1.54, 1.807) is 6.07 Å². The Bertz CT molecular complexity index is 535. The van der Waals surface area contributed by atoms with Crippen molar-refractivity contribution in [2.75, 3.05) is 20.1 Å². The summed E-state index contributed by atoms with van der Waals surface area (Å²) in [6.45, 7) is 3.47. The van der Waals surface area contributed by atoms with Gasteiger partial charge < -0.3 is 10.6 Å². The van der Waals surface area contributed by atoms with Crippen LogP contribution >= 0.6 is 11.3 Å². The molecule has 3 N–H and O–H groups in total. The van der Waals surface area contributed by atoms with Crippen LogP contribution in [0.1, 0.15) is 23.3 Å². The SMILES string of the molecule is Cc1cc(S(=O)(=O)NCCN(C)C2CC2)sc1CN. The van der Waals surface area contributed by atoms with E-state index in [4.69, 9.17) is 5.73 Å². The van der Waals surface area contributed by atoms with Crippen molar-refractivity contribution in [3.63, 3.8) is 0 Å². The van der Waals surface area contributed by atoms with E-state index in [9.17, 15) is 8.42 Å². The molecule has 0 aromatic carbocycles. The second kappa shape index (κ2) is 5.88. The van der Waals surface area contributed by atoms with E-state index in [1.165, 1.54) is 24.2 Å². The molecule has 108 valence electrons. The Kier molecular flexibility index (Phi) is 4.62. The van der Waals surface area contributed by atoms with E-state index in [2.05, 4.69) is 9.62 Å². The summed E-state index contributed by atoms with van der Waals surface area (Å²) >= 11 is 1.25. The summed E-state index contributed by atoms with van der Waals surface area (Å²) in [5.74, 6) is 0. The lowest BCUT2D eigenvalue weighted by Crippen LogP contribution is -2.33. The van der Waals surface area contributed by atoms with Gasteiger partial charge in [0, 0.05) is 30.6 Å². The predicted molar refractivity (Wildman–Crippen MR) is 77.8 cm³/mol. The molecule has 1 heterocycles. The molecule has 0 amide bonds. The molecule has 1 aromatic heterocycles. The molecule has 19 heavy (non-hydrogen) atoms. The summed E-state index contributed by atoms with van der Waals surface area (Å²) in [7, 11) is -1.35. The summed E-state index contributed by atoms with van der Waals surface area (Å²) in [6.07, 6.45) is 2.46. The van der Waals surface area contributed by atoms with Crippen LogP contribution < -0.4 is 10.5 Å². The molecule has 0 aliphatic heterocycles. The molecule has 0 unspecified atom stereocenters. The third-order valence-electron chi connectivity index (χ3n) is 3.38. The van der Waals surface area contributed by atoms with Gasteiger partial charge in [-0.3, -0.25) is 0 Å². The zero-order valence-electron chi connectivity index (χ0n) is 11.3. The lowest BCUT2D eigenvalue weighted by atomic mass is 10.3. The fraction of sp³-hybridized carbons (Fsp3) is 0.667. The maximum absolute atomic E-state index is 12.1. The number of hydrogen-bond acceptors (Lipinski definition) is 5. The number of aryl methyl sites for hydroxylation is 1. The monoisotopic (exact) mass is 303 g/mol. The first-order chi connectivity index (χ1) is 8.94. The number of rotatable bonds is 7. The Morgan fingerprint density at radius 3 is 2.74 bits per heavy atom. The Morgan fingerprint density at radius 2 is 2.21 bits per heavy atom. The third kappa shape index (κ3) is 3.76. The van der Waals surface area contributed by atoms with Gasteiger partial charge in [0.2, 0.25) is 10.0 Å². The number of likely N-dealkylation sites (N-methyl/N-ethyl adjacent to an activating group) is 1. The molecule has 0 atom stereocenters. The minimum atomic E-state index is -3.39. The van der Waals surface area contributed by atoms with Gasteiger partial charge in [0.1, 0.15) is 4.21 Å². The minimum absolute atomic E-state index is 0.361. The standard InChI is InChI=1S/C12H21N3O2S2/c1-9-7-12(18-11(9)8-13)19(16,17)14-5-6-15(2)10-3-4-10/h7,10,14H,3-6,8,13H2,1-2H3. The van der Waals surface area contributed by atoms with Crippen LogP contribution in [-0.4, -0.2) is 39.5 Å². The summed E-state index contributed by atoms with van der Waals surface area (Å²) in [5.41, 5.74) is 6.52. The average molecular weight is 303 g/mol. The maximum Gasteiger partial charge on any atom is 0.250 e. The molecular weight excluding hydrogens is 282 g/mol. The molecule has 0 saturated heterocycles. The van der Waals surface area contributed by atoms with Gasteiger partial charge in [0.25, 0.3) is 0 Å². The molecule has 7 heteroatoms. The molecule has 1 fully saturated rings. The lowest BCUT2D eigenvalue weighted by molar-refractivity contribution is 0.329. The molecule has 1 aromatic rings. The van der Waals surface area contributed by atoms with Gasteiger partial charge >= 0.3 is 0 Å². The van der Waals surface area contributed by atoms with Crippen LogP contribution in [0.3, 0.4) is 0 Å². The van der Waals surface area contributed by atoms with Gasteiger partial charge in [-0.2, -0.15) is 0 Å². The first-order valence-corrected chi connectivity index (χ1v) is 8.73. The van der Waals surface area contributed by atoms with E-state index in [0.29, 0.717) is 23.3 Å². The minimum Gasteiger partial charge on any atom is -0.326 e. The molecule has 1 aliphatic carbocycles. The highest BCUT2D eigenvalue weighted by Crippen LogP contribution is 2.26. The smallest absolute Gasteiger partial charge is 0.250 e. The molecule has 1 saturated carbocycles. The fourth-order valence-electron chi connectivity index (χ4n) is 1.95. The van der Waals surface area contributed by atoms with Crippen LogP contribution in [0.15, 0.2) is 10.3 Å². The number of nitrogens with one attached hydrogen (secondary N) is 1. The number of thiophene rings is 1. The first-order valence-electron chi connectivity index (χ1n) is 6.43. The topological polar surface area (TPSA) is 75.4 Å². The summed E-state index contributed by atoms with van der Waals surface area (Å²) < 4.78 is 27.3. The number of nitrogens with two attached hydrogens (primary N) is 1. The number of sulfonamides is 1. The zero-order chi connectivity index (χ0) is 14.0. The summed E-state index contributed by atoms with van der Waals surface area (Å²) in [4.78, 5) is 3.13. The highest BCUT2D eigenvalue weighted by Gasteiger charge is 2.26. The van der Waals surface area contributed by atoms with Crippen LogP contribution in [0.5, 0.6) is 0 Å². The van der Waals surface area contributed by atoms with Crippen molar-refractivity contribution in [3.05, 3.63) is 16.5 Å². The van der Waals surface area contributed by atoms with E-state index in [1.807, 2.05) is 14.0 Å². The molecule has 1 aliphatic rings.